The Morgan fingerprint density at radius 3 is 2.96 bits per heavy atom. The molecule has 2 aliphatic carbocycles. The molecular formula is C17H21N3OS2. The van der Waals surface area contributed by atoms with Crippen LogP contribution in [-0.2, 0) is 17.6 Å². The van der Waals surface area contributed by atoms with Crippen molar-refractivity contribution in [1.82, 2.24) is 15.3 Å². The summed E-state index contributed by atoms with van der Waals surface area (Å²) in [6.45, 7) is 1.98. The molecule has 0 bridgehead atoms. The number of hydrogen-bond donors (Lipinski definition) is 1. The van der Waals surface area contributed by atoms with Crippen molar-refractivity contribution in [2.24, 2.45) is 0 Å². The van der Waals surface area contributed by atoms with Gasteiger partial charge in [-0.3, -0.25) is 4.79 Å². The fourth-order valence-electron chi connectivity index (χ4n) is 3.60. The second-order valence-electron chi connectivity index (χ2n) is 6.47. The van der Waals surface area contributed by atoms with E-state index in [1.54, 1.807) is 29.4 Å². The van der Waals surface area contributed by atoms with E-state index in [-0.39, 0.29) is 11.2 Å². The van der Waals surface area contributed by atoms with Gasteiger partial charge in [0.2, 0.25) is 5.91 Å². The van der Waals surface area contributed by atoms with Gasteiger partial charge in [0.25, 0.3) is 0 Å². The molecule has 0 aliphatic heterocycles. The molecule has 2 aliphatic rings. The smallest absolute Gasteiger partial charge is 0.233 e. The summed E-state index contributed by atoms with van der Waals surface area (Å²) in [5, 5.41) is 5.25. The second-order valence-corrected chi connectivity index (χ2v) is 8.88. The van der Waals surface area contributed by atoms with Crippen molar-refractivity contribution in [3.63, 3.8) is 0 Å². The van der Waals surface area contributed by atoms with Crippen molar-refractivity contribution in [2.45, 2.75) is 68.2 Å². The summed E-state index contributed by atoms with van der Waals surface area (Å²) in [6.07, 6.45) is 9.88. The molecule has 23 heavy (non-hydrogen) atoms. The Labute approximate surface area is 144 Å². The number of hydrogen-bond acceptors (Lipinski definition) is 5. The van der Waals surface area contributed by atoms with Crippen molar-refractivity contribution >= 4 is 39.2 Å². The maximum atomic E-state index is 12.4. The third kappa shape index (κ3) is 2.98. The predicted molar refractivity (Wildman–Crippen MR) is 95.2 cm³/mol. The molecule has 4 rings (SSSR count). The minimum atomic E-state index is -0.120. The van der Waals surface area contributed by atoms with Crippen molar-refractivity contribution in [3.05, 3.63) is 16.8 Å². The molecule has 2 aromatic heterocycles. The van der Waals surface area contributed by atoms with Crippen molar-refractivity contribution in [2.75, 3.05) is 0 Å². The molecule has 0 spiro atoms. The van der Waals surface area contributed by atoms with E-state index in [1.165, 1.54) is 35.1 Å². The van der Waals surface area contributed by atoms with Crippen LogP contribution in [0.2, 0.25) is 0 Å². The maximum absolute atomic E-state index is 12.4. The number of nitrogens with zero attached hydrogens (tertiary/aromatic N) is 2. The number of carbonyl (C=O) groups excluding carboxylic acids is 1. The number of carbonyl (C=O) groups is 1. The number of amides is 1. The third-order valence-electron chi connectivity index (χ3n) is 4.83. The van der Waals surface area contributed by atoms with Gasteiger partial charge in [0, 0.05) is 16.3 Å². The third-order valence-corrected chi connectivity index (χ3v) is 7.13. The summed E-state index contributed by atoms with van der Waals surface area (Å²) in [6, 6.07) is 0.376. The molecule has 0 saturated heterocycles. The summed E-state index contributed by atoms with van der Waals surface area (Å²) < 4.78 is 0. The molecule has 1 unspecified atom stereocenters. The molecule has 1 N–H and O–H groups in total. The predicted octanol–water partition coefficient (Wildman–Crippen LogP) is 3.72. The van der Waals surface area contributed by atoms with E-state index >= 15 is 0 Å². The zero-order valence-corrected chi connectivity index (χ0v) is 14.9. The number of thiophene rings is 1. The molecule has 1 fully saturated rings. The van der Waals surface area contributed by atoms with E-state index in [4.69, 9.17) is 0 Å². The largest absolute Gasteiger partial charge is 0.352 e. The minimum absolute atomic E-state index is 0.120. The van der Waals surface area contributed by atoms with Crippen molar-refractivity contribution in [3.8, 4) is 0 Å². The fourth-order valence-corrected chi connectivity index (χ4v) is 5.85. The Bertz CT molecular complexity index is 737. The highest BCUT2D eigenvalue weighted by atomic mass is 32.2. The number of aryl methyl sites for hydroxylation is 2. The van der Waals surface area contributed by atoms with Crippen LogP contribution in [0.1, 0.15) is 49.5 Å². The van der Waals surface area contributed by atoms with Crippen LogP contribution >= 0.6 is 23.1 Å². The first-order chi connectivity index (χ1) is 11.2. The van der Waals surface area contributed by atoms with E-state index < -0.39 is 0 Å². The van der Waals surface area contributed by atoms with Crippen LogP contribution in [0.25, 0.3) is 10.2 Å². The SMILES string of the molecule is CC(Sc1ncnc2sc3c(c12)CCC3)C(=O)NC1CCCC1. The minimum Gasteiger partial charge on any atom is -0.352 e. The first-order valence-corrected chi connectivity index (χ1v) is 10.1. The zero-order valence-electron chi connectivity index (χ0n) is 13.3. The van der Waals surface area contributed by atoms with Crippen LogP contribution in [0.15, 0.2) is 11.4 Å². The zero-order chi connectivity index (χ0) is 15.8. The maximum Gasteiger partial charge on any atom is 0.233 e. The molecule has 0 radical (unpaired) electrons. The van der Waals surface area contributed by atoms with Crippen LogP contribution in [0.3, 0.4) is 0 Å². The standard InChI is InChI=1S/C17H21N3OS2/c1-10(15(21)20-11-5-2-3-6-11)22-16-14-12-7-4-8-13(12)23-17(14)19-9-18-16/h9-11H,2-8H2,1H3,(H,20,21). The van der Waals surface area contributed by atoms with Crippen LogP contribution in [-0.4, -0.2) is 27.2 Å². The monoisotopic (exact) mass is 347 g/mol. The van der Waals surface area contributed by atoms with Gasteiger partial charge in [-0.2, -0.15) is 0 Å². The van der Waals surface area contributed by atoms with Gasteiger partial charge in [-0.25, -0.2) is 9.97 Å². The van der Waals surface area contributed by atoms with Gasteiger partial charge in [-0.15, -0.1) is 11.3 Å². The number of thioether (sulfide) groups is 1. The molecule has 1 saturated carbocycles. The molecule has 1 amide bonds. The van der Waals surface area contributed by atoms with E-state index in [0.29, 0.717) is 6.04 Å². The fraction of sp³-hybridized carbons (Fsp3) is 0.588. The normalized spacial score (nSPS) is 19.2. The van der Waals surface area contributed by atoms with Crippen molar-refractivity contribution < 1.29 is 4.79 Å². The van der Waals surface area contributed by atoms with Crippen LogP contribution in [0, 0.1) is 0 Å². The lowest BCUT2D eigenvalue weighted by atomic mass is 10.2. The Morgan fingerprint density at radius 2 is 2.13 bits per heavy atom. The van der Waals surface area contributed by atoms with Gasteiger partial charge in [-0.05, 0) is 44.6 Å². The molecule has 4 nitrogen and oxygen atoms in total. The second kappa shape index (κ2) is 6.40. The molecule has 6 heteroatoms. The molecule has 122 valence electrons. The average Bonchev–Trinajstić information content (AvgIpc) is 3.23. The van der Waals surface area contributed by atoms with Gasteiger partial charge < -0.3 is 5.32 Å². The number of fused-ring (bicyclic) bond motifs is 3. The highest BCUT2D eigenvalue weighted by Gasteiger charge is 2.25. The molecule has 2 heterocycles. The molecule has 0 aromatic carbocycles. The summed E-state index contributed by atoms with van der Waals surface area (Å²) in [7, 11) is 0. The van der Waals surface area contributed by atoms with Gasteiger partial charge >= 0.3 is 0 Å². The Hall–Kier alpha value is -1.14. The van der Waals surface area contributed by atoms with E-state index in [9.17, 15) is 4.79 Å². The lowest BCUT2D eigenvalue weighted by Crippen LogP contribution is -2.37. The first kappa shape index (κ1) is 15.4. The average molecular weight is 348 g/mol. The summed E-state index contributed by atoms with van der Waals surface area (Å²) in [4.78, 5) is 23.9. The Morgan fingerprint density at radius 1 is 1.30 bits per heavy atom. The number of nitrogens with one attached hydrogen (secondary N) is 1. The van der Waals surface area contributed by atoms with E-state index in [0.717, 1.165) is 35.5 Å². The lowest BCUT2D eigenvalue weighted by molar-refractivity contribution is -0.120. The lowest BCUT2D eigenvalue weighted by Gasteiger charge is -2.16. The topological polar surface area (TPSA) is 54.9 Å². The van der Waals surface area contributed by atoms with Crippen LogP contribution in [0.5, 0.6) is 0 Å². The number of rotatable bonds is 4. The highest BCUT2D eigenvalue weighted by molar-refractivity contribution is 8.00. The molecule has 2 aromatic rings. The van der Waals surface area contributed by atoms with E-state index in [2.05, 4.69) is 15.3 Å². The van der Waals surface area contributed by atoms with Crippen molar-refractivity contribution in [1.29, 1.82) is 0 Å². The van der Waals surface area contributed by atoms with Crippen LogP contribution in [0.4, 0.5) is 0 Å². The summed E-state index contributed by atoms with van der Waals surface area (Å²) in [5.74, 6) is 0.139. The van der Waals surface area contributed by atoms with E-state index in [1.807, 2.05) is 6.92 Å². The number of aromatic nitrogens is 2. The van der Waals surface area contributed by atoms with Gasteiger partial charge in [0.05, 0.1) is 5.25 Å². The summed E-state index contributed by atoms with van der Waals surface area (Å²) >= 11 is 3.38. The molecular weight excluding hydrogens is 326 g/mol. The highest BCUT2D eigenvalue weighted by Crippen LogP contribution is 2.40. The first-order valence-electron chi connectivity index (χ1n) is 8.44. The molecule has 1 atom stereocenters. The van der Waals surface area contributed by atoms with Gasteiger partial charge in [0.1, 0.15) is 16.2 Å². The van der Waals surface area contributed by atoms with Crippen LogP contribution < -0.4 is 5.32 Å². The quantitative estimate of drug-likeness (QED) is 0.676. The summed E-state index contributed by atoms with van der Waals surface area (Å²) in [5.41, 5.74) is 1.43. The Balaban J connectivity index is 1.54. The van der Waals surface area contributed by atoms with Gasteiger partial charge in [-0.1, -0.05) is 24.6 Å². The van der Waals surface area contributed by atoms with Gasteiger partial charge in [0.15, 0.2) is 0 Å². The Kier molecular flexibility index (Phi) is 4.28.